The Morgan fingerprint density at radius 3 is 2.33 bits per heavy atom. The first-order valence-electron chi connectivity index (χ1n) is 15.7. The molecule has 6 rings (SSSR count). The lowest BCUT2D eigenvalue weighted by Gasteiger charge is -2.69. The number of thiazole rings is 1. The van der Waals surface area contributed by atoms with Crippen LogP contribution in [0, 0.1) is 39.9 Å². The molecular weight excluding hydrogens is 520 g/mol. The summed E-state index contributed by atoms with van der Waals surface area (Å²) in [5.74, 6) is 1.33. The minimum atomic E-state index is -0.849. The van der Waals surface area contributed by atoms with E-state index in [1.165, 1.54) is 23.4 Å². The number of carbonyl (C=O) groups excluding carboxylic acids is 1. The Morgan fingerprint density at radius 2 is 1.70 bits per heavy atom. The van der Waals surface area contributed by atoms with Gasteiger partial charge in [0, 0.05) is 17.2 Å². The van der Waals surface area contributed by atoms with Crippen LogP contribution in [0.15, 0.2) is 0 Å². The molecule has 10 atom stereocenters. The standard InChI is InChI=1S/C33H52N2O4S/c1-18(36)34-27-35-26-21(40-27)17-30(6)22(28(26,2)3)11-14-31(7)23(30)16-20(37)25-19(10-13-32(25,31)8)33(9)15-12-24(39-33)29(4,5)38/h19-20,22-25,37-38H,10-17H2,1-9H3,(H,34,35,36)/t19?,20-,22+,23-,24+,25+,30+,31-,32-,33+/m1/s1. The van der Waals surface area contributed by atoms with Crippen LogP contribution in [0.3, 0.4) is 0 Å². The number of aliphatic hydroxyl groups is 2. The van der Waals surface area contributed by atoms with Crippen molar-refractivity contribution >= 4 is 22.4 Å². The van der Waals surface area contributed by atoms with E-state index < -0.39 is 5.60 Å². The fourth-order valence-corrected chi connectivity index (χ4v) is 12.9. The topological polar surface area (TPSA) is 91.7 Å². The molecule has 0 radical (unpaired) electrons. The number of aromatic nitrogens is 1. The lowest BCUT2D eigenvalue weighted by Crippen LogP contribution is -2.66. The SMILES string of the molecule is CC(=O)Nc1nc2c(s1)C[C@]1(C)[C@H]3C[C@@H](O)[C@@H]4C([C@]5(C)CC[C@@H](C(C)(C)O)O5)CC[C@@]4(C)[C@]3(C)CC[C@H]1C2(C)C. The minimum Gasteiger partial charge on any atom is -0.393 e. The van der Waals surface area contributed by atoms with E-state index in [2.05, 4.69) is 46.9 Å². The van der Waals surface area contributed by atoms with Crippen LogP contribution in [0.2, 0.25) is 0 Å². The van der Waals surface area contributed by atoms with Gasteiger partial charge < -0.3 is 20.3 Å². The number of aliphatic hydroxyl groups excluding tert-OH is 1. The van der Waals surface area contributed by atoms with Gasteiger partial charge in [0.25, 0.3) is 0 Å². The fraction of sp³-hybridized carbons (Fsp3) is 0.879. The quantitative estimate of drug-likeness (QED) is 0.386. The maximum absolute atomic E-state index is 12.1. The monoisotopic (exact) mass is 572 g/mol. The van der Waals surface area contributed by atoms with E-state index in [9.17, 15) is 15.0 Å². The molecule has 4 aliphatic carbocycles. The molecular formula is C33H52N2O4S. The molecule has 0 bridgehead atoms. The molecule has 0 spiro atoms. The number of nitrogens with one attached hydrogen (secondary N) is 1. The highest BCUT2D eigenvalue weighted by molar-refractivity contribution is 7.15. The summed E-state index contributed by atoms with van der Waals surface area (Å²) in [6.45, 7) is 19.8. The maximum Gasteiger partial charge on any atom is 0.223 e. The summed E-state index contributed by atoms with van der Waals surface area (Å²) in [4.78, 5) is 18.1. The molecule has 1 aliphatic heterocycles. The molecule has 1 aromatic rings. The zero-order chi connectivity index (χ0) is 29.3. The number of carbonyl (C=O) groups is 1. The van der Waals surface area contributed by atoms with Gasteiger partial charge in [0.05, 0.1) is 29.1 Å². The van der Waals surface area contributed by atoms with E-state index in [1.807, 2.05) is 13.8 Å². The number of anilines is 1. The Hall–Kier alpha value is -1.02. The predicted octanol–water partition coefficient (Wildman–Crippen LogP) is 6.48. The molecule has 224 valence electrons. The Balaban J connectivity index is 1.35. The van der Waals surface area contributed by atoms with Crippen molar-refractivity contribution in [2.75, 3.05) is 5.32 Å². The molecule has 7 heteroatoms. The van der Waals surface area contributed by atoms with E-state index >= 15 is 0 Å². The van der Waals surface area contributed by atoms with Crippen LogP contribution in [-0.4, -0.2) is 44.5 Å². The van der Waals surface area contributed by atoms with Crippen LogP contribution in [0.5, 0.6) is 0 Å². The first kappa shape index (κ1) is 29.1. The summed E-state index contributed by atoms with van der Waals surface area (Å²) in [7, 11) is 0. The molecule has 3 saturated carbocycles. The number of ether oxygens (including phenoxy) is 1. The first-order chi connectivity index (χ1) is 18.4. The summed E-state index contributed by atoms with van der Waals surface area (Å²) >= 11 is 1.65. The summed E-state index contributed by atoms with van der Waals surface area (Å²) in [5.41, 5.74) is 0.139. The molecule has 1 saturated heterocycles. The smallest absolute Gasteiger partial charge is 0.223 e. The summed E-state index contributed by atoms with van der Waals surface area (Å²) in [6.07, 6.45) is 7.69. The molecule has 2 heterocycles. The van der Waals surface area contributed by atoms with Crippen LogP contribution < -0.4 is 5.32 Å². The largest absolute Gasteiger partial charge is 0.393 e. The lowest BCUT2D eigenvalue weighted by molar-refractivity contribution is -0.227. The van der Waals surface area contributed by atoms with E-state index in [0.717, 1.165) is 43.7 Å². The van der Waals surface area contributed by atoms with E-state index in [-0.39, 0.29) is 51.3 Å². The van der Waals surface area contributed by atoms with Crippen molar-refractivity contribution in [1.82, 2.24) is 4.98 Å². The molecule has 1 unspecified atom stereocenters. The number of amides is 1. The molecule has 3 N–H and O–H groups in total. The first-order valence-corrected chi connectivity index (χ1v) is 16.5. The van der Waals surface area contributed by atoms with Crippen LogP contribution in [0.25, 0.3) is 0 Å². The molecule has 0 aromatic carbocycles. The van der Waals surface area contributed by atoms with Crippen LogP contribution in [0.4, 0.5) is 5.13 Å². The Labute approximate surface area is 245 Å². The summed E-state index contributed by atoms with van der Waals surface area (Å²) in [5, 5.41) is 26.5. The number of fused-ring (bicyclic) bond motifs is 6. The molecule has 4 fully saturated rings. The second-order valence-electron chi connectivity index (χ2n) is 16.4. The predicted molar refractivity (Wildman–Crippen MR) is 159 cm³/mol. The van der Waals surface area contributed by atoms with Gasteiger partial charge in [-0.05, 0) is 112 Å². The van der Waals surface area contributed by atoms with Gasteiger partial charge in [-0.2, -0.15) is 0 Å². The van der Waals surface area contributed by atoms with E-state index in [4.69, 9.17) is 9.72 Å². The highest BCUT2D eigenvalue weighted by Gasteiger charge is 2.72. The molecule has 6 nitrogen and oxygen atoms in total. The molecule has 1 aromatic heterocycles. The highest BCUT2D eigenvalue weighted by atomic mass is 32.1. The van der Waals surface area contributed by atoms with Crippen molar-refractivity contribution in [1.29, 1.82) is 0 Å². The third-order valence-electron chi connectivity index (χ3n) is 13.5. The van der Waals surface area contributed by atoms with Gasteiger partial charge in [0.2, 0.25) is 5.91 Å². The Morgan fingerprint density at radius 1 is 1.02 bits per heavy atom. The number of hydrogen-bond acceptors (Lipinski definition) is 6. The van der Waals surface area contributed by atoms with Crippen molar-refractivity contribution in [2.45, 2.75) is 143 Å². The van der Waals surface area contributed by atoms with Gasteiger partial charge in [-0.25, -0.2) is 4.98 Å². The Bertz CT molecular complexity index is 1210. The lowest BCUT2D eigenvalue weighted by atomic mass is 9.35. The van der Waals surface area contributed by atoms with Crippen LogP contribution in [-0.2, 0) is 21.4 Å². The van der Waals surface area contributed by atoms with Crippen molar-refractivity contribution in [3.8, 4) is 0 Å². The van der Waals surface area contributed by atoms with Gasteiger partial charge in [-0.1, -0.05) is 34.6 Å². The second kappa shape index (κ2) is 8.76. The van der Waals surface area contributed by atoms with Gasteiger partial charge in [0.15, 0.2) is 5.13 Å². The zero-order valence-corrected chi connectivity index (χ0v) is 27.0. The average molecular weight is 573 g/mol. The Kier molecular flexibility index (Phi) is 6.37. The van der Waals surface area contributed by atoms with Crippen LogP contribution in [0.1, 0.15) is 118 Å². The van der Waals surface area contributed by atoms with Gasteiger partial charge in [-0.3, -0.25) is 4.79 Å². The highest BCUT2D eigenvalue weighted by Crippen LogP contribution is 2.76. The van der Waals surface area contributed by atoms with Crippen molar-refractivity contribution in [3.05, 3.63) is 10.6 Å². The normalized spacial score (nSPS) is 47.7. The fourth-order valence-electron chi connectivity index (χ4n) is 11.6. The minimum absolute atomic E-state index is 0.0344. The van der Waals surface area contributed by atoms with E-state index in [0.29, 0.717) is 17.8 Å². The zero-order valence-electron chi connectivity index (χ0n) is 26.2. The van der Waals surface area contributed by atoms with Crippen molar-refractivity contribution < 1.29 is 19.7 Å². The van der Waals surface area contributed by atoms with Gasteiger partial charge in [-0.15, -0.1) is 11.3 Å². The number of hydrogen-bond donors (Lipinski definition) is 3. The molecule has 40 heavy (non-hydrogen) atoms. The maximum atomic E-state index is 12.1. The van der Waals surface area contributed by atoms with Gasteiger partial charge >= 0.3 is 0 Å². The number of rotatable bonds is 3. The summed E-state index contributed by atoms with van der Waals surface area (Å²) < 4.78 is 6.71. The molecule has 5 aliphatic rings. The van der Waals surface area contributed by atoms with E-state index in [1.54, 1.807) is 18.3 Å². The summed E-state index contributed by atoms with van der Waals surface area (Å²) in [6, 6.07) is 0. The number of nitrogens with zero attached hydrogens (tertiary/aromatic N) is 1. The third kappa shape index (κ3) is 3.82. The van der Waals surface area contributed by atoms with Crippen LogP contribution >= 0.6 is 11.3 Å². The van der Waals surface area contributed by atoms with Crippen molar-refractivity contribution in [2.24, 2.45) is 39.9 Å². The van der Waals surface area contributed by atoms with Crippen molar-refractivity contribution in [3.63, 3.8) is 0 Å². The average Bonchev–Trinajstić information content (AvgIpc) is 3.51. The second-order valence-corrected chi connectivity index (χ2v) is 17.5. The third-order valence-corrected chi connectivity index (χ3v) is 14.5. The van der Waals surface area contributed by atoms with Gasteiger partial charge in [0.1, 0.15) is 0 Å². The molecule has 1 amide bonds.